The molecule has 0 spiro atoms. The lowest BCUT2D eigenvalue weighted by atomic mass is 9.87. The van der Waals surface area contributed by atoms with Gasteiger partial charge in [0.1, 0.15) is 0 Å². The Bertz CT molecular complexity index is 509. The summed E-state index contributed by atoms with van der Waals surface area (Å²) in [5.41, 5.74) is 5.54. The van der Waals surface area contributed by atoms with E-state index in [1.807, 2.05) is 6.20 Å². The summed E-state index contributed by atoms with van der Waals surface area (Å²) in [5.74, 6) is 0. The van der Waals surface area contributed by atoms with Crippen molar-refractivity contribution in [1.29, 1.82) is 0 Å². The molecule has 3 rings (SSSR count). The summed E-state index contributed by atoms with van der Waals surface area (Å²) in [4.78, 5) is 0. The molecule has 1 heterocycles. The highest BCUT2D eigenvalue weighted by Crippen LogP contribution is 2.36. The van der Waals surface area contributed by atoms with Crippen molar-refractivity contribution in [3.63, 3.8) is 0 Å². The minimum Gasteiger partial charge on any atom is -0.324 e. The van der Waals surface area contributed by atoms with Crippen molar-refractivity contribution >= 4 is 11.8 Å². The van der Waals surface area contributed by atoms with Crippen LogP contribution in [0.1, 0.15) is 17.7 Å². The number of rotatable bonds is 1. The summed E-state index contributed by atoms with van der Waals surface area (Å²) in [6.45, 7) is 3.85. The van der Waals surface area contributed by atoms with Gasteiger partial charge in [-0.1, -0.05) is 30.9 Å². The Labute approximate surface area is 89.7 Å². The van der Waals surface area contributed by atoms with Crippen LogP contribution in [0.2, 0.25) is 0 Å². The minimum absolute atomic E-state index is 1.05. The maximum absolute atomic E-state index is 3.85. The van der Waals surface area contributed by atoms with E-state index >= 15 is 0 Å². The van der Waals surface area contributed by atoms with Crippen LogP contribution in [0.4, 0.5) is 0 Å². The SMILES string of the molecule is C=Cn1ccc2c1C1=CC=CCC1=CC2. The second-order valence-corrected chi connectivity index (χ2v) is 3.93. The largest absolute Gasteiger partial charge is 0.324 e. The highest BCUT2D eigenvalue weighted by molar-refractivity contribution is 5.84. The number of fused-ring (bicyclic) bond motifs is 3. The molecular formula is C14H13N. The minimum atomic E-state index is 1.05. The fraction of sp³-hybridized carbons (Fsp3) is 0.143. The standard InChI is InChI=1S/C14H13N/c1-2-15-10-9-12-8-7-11-5-3-4-6-13(11)14(12)15/h2-4,6-7,9-10H,1,5,8H2. The molecule has 0 saturated heterocycles. The first-order chi connectivity index (χ1) is 7.40. The second-order valence-electron chi connectivity index (χ2n) is 3.93. The Morgan fingerprint density at radius 2 is 2.27 bits per heavy atom. The van der Waals surface area contributed by atoms with Crippen LogP contribution < -0.4 is 0 Å². The summed E-state index contributed by atoms with van der Waals surface area (Å²) < 4.78 is 2.12. The van der Waals surface area contributed by atoms with Gasteiger partial charge in [-0.25, -0.2) is 0 Å². The lowest BCUT2D eigenvalue weighted by molar-refractivity contribution is 1.07. The second kappa shape index (κ2) is 3.13. The van der Waals surface area contributed by atoms with Gasteiger partial charge in [0.25, 0.3) is 0 Å². The number of nitrogens with zero attached hydrogens (tertiary/aromatic N) is 1. The number of hydrogen-bond donors (Lipinski definition) is 0. The first-order valence-corrected chi connectivity index (χ1v) is 5.29. The normalized spacial score (nSPS) is 17.6. The molecule has 2 aliphatic carbocycles. The quantitative estimate of drug-likeness (QED) is 0.647. The van der Waals surface area contributed by atoms with Gasteiger partial charge >= 0.3 is 0 Å². The topological polar surface area (TPSA) is 4.93 Å². The van der Waals surface area contributed by atoms with E-state index in [0.29, 0.717) is 0 Å². The molecule has 0 amide bonds. The molecule has 0 N–H and O–H groups in total. The van der Waals surface area contributed by atoms with Gasteiger partial charge in [-0.2, -0.15) is 0 Å². The van der Waals surface area contributed by atoms with Crippen molar-refractivity contribution < 1.29 is 0 Å². The van der Waals surface area contributed by atoms with E-state index in [2.05, 4.69) is 47.7 Å². The molecule has 0 bridgehead atoms. The van der Waals surface area contributed by atoms with Crippen LogP contribution in [0.3, 0.4) is 0 Å². The molecule has 2 aliphatic rings. The third-order valence-corrected chi connectivity index (χ3v) is 3.10. The molecule has 0 radical (unpaired) electrons. The molecule has 74 valence electrons. The molecule has 1 heteroatoms. The van der Waals surface area contributed by atoms with Crippen LogP contribution in [0.15, 0.2) is 48.7 Å². The summed E-state index contributed by atoms with van der Waals surface area (Å²) >= 11 is 0. The molecule has 0 saturated carbocycles. The van der Waals surface area contributed by atoms with Crippen LogP contribution in [0.25, 0.3) is 11.8 Å². The highest BCUT2D eigenvalue weighted by atomic mass is 14.9. The average Bonchev–Trinajstić information content (AvgIpc) is 2.72. The lowest BCUT2D eigenvalue weighted by Crippen LogP contribution is -2.05. The smallest absolute Gasteiger partial charge is 0.0559 e. The molecule has 1 aromatic rings. The predicted molar refractivity (Wildman–Crippen MR) is 64.3 cm³/mol. The van der Waals surface area contributed by atoms with Gasteiger partial charge in [-0.05, 0) is 30.0 Å². The summed E-state index contributed by atoms with van der Waals surface area (Å²) in [5, 5.41) is 0. The fourth-order valence-corrected chi connectivity index (χ4v) is 2.35. The maximum Gasteiger partial charge on any atom is 0.0559 e. The average molecular weight is 195 g/mol. The zero-order valence-corrected chi connectivity index (χ0v) is 8.61. The Kier molecular flexibility index (Phi) is 1.78. The van der Waals surface area contributed by atoms with Gasteiger partial charge in [0, 0.05) is 18.0 Å². The first-order valence-electron chi connectivity index (χ1n) is 5.29. The molecule has 1 nitrogen and oxygen atoms in total. The zero-order valence-electron chi connectivity index (χ0n) is 8.61. The van der Waals surface area contributed by atoms with Gasteiger partial charge in [0.2, 0.25) is 0 Å². The van der Waals surface area contributed by atoms with E-state index in [-0.39, 0.29) is 0 Å². The van der Waals surface area contributed by atoms with Gasteiger partial charge in [-0.15, -0.1) is 0 Å². The van der Waals surface area contributed by atoms with Crippen LogP contribution in [-0.2, 0) is 6.42 Å². The lowest BCUT2D eigenvalue weighted by Gasteiger charge is -2.20. The Morgan fingerprint density at radius 3 is 3.13 bits per heavy atom. The van der Waals surface area contributed by atoms with E-state index in [4.69, 9.17) is 0 Å². The fourth-order valence-electron chi connectivity index (χ4n) is 2.35. The first kappa shape index (κ1) is 8.54. The van der Waals surface area contributed by atoms with Crippen molar-refractivity contribution in [2.45, 2.75) is 12.8 Å². The van der Waals surface area contributed by atoms with Crippen molar-refractivity contribution in [3.8, 4) is 0 Å². The number of aromatic nitrogens is 1. The van der Waals surface area contributed by atoms with Crippen LogP contribution in [0.5, 0.6) is 0 Å². The zero-order chi connectivity index (χ0) is 10.3. The van der Waals surface area contributed by atoms with E-state index in [1.54, 1.807) is 0 Å². The Morgan fingerprint density at radius 1 is 1.33 bits per heavy atom. The Balaban J connectivity index is 2.24. The third-order valence-electron chi connectivity index (χ3n) is 3.10. The van der Waals surface area contributed by atoms with E-state index in [0.717, 1.165) is 12.8 Å². The number of allylic oxidation sites excluding steroid dienone is 6. The van der Waals surface area contributed by atoms with Crippen molar-refractivity contribution in [2.24, 2.45) is 0 Å². The van der Waals surface area contributed by atoms with E-state index < -0.39 is 0 Å². The third kappa shape index (κ3) is 1.16. The molecule has 0 atom stereocenters. The molecule has 0 unspecified atom stereocenters. The van der Waals surface area contributed by atoms with Crippen LogP contribution >= 0.6 is 0 Å². The molecule has 15 heavy (non-hydrogen) atoms. The maximum atomic E-state index is 3.85. The Hall–Kier alpha value is -1.76. The molecule has 0 fully saturated rings. The van der Waals surface area contributed by atoms with Crippen molar-refractivity contribution in [2.75, 3.05) is 0 Å². The molecule has 0 aliphatic heterocycles. The molecular weight excluding hydrogens is 182 g/mol. The van der Waals surface area contributed by atoms with Crippen molar-refractivity contribution in [1.82, 2.24) is 4.57 Å². The van der Waals surface area contributed by atoms with Gasteiger partial charge in [0.05, 0.1) is 5.69 Å². The summed E-state index contributed by atoms with van der Waals surface area (Å²) in [6, 6.07) is 2.18. The van der Waals surface area contributed by atoms with Gasteiger partial charge < -0.3 is 4.57 Å². The predicted octanol–water partition coefficient (Wildman–Crippen LogP) is 3.41. The molecule has 0 aromatic carbocycles. The highest BCUT2D eigenvalue weighted by Gasteiger charge is 2.19. The summed E-state index contributed by atoms with van der Waals surface area (Å²) in [7, 11) is 0. The van der Waals surface area contributed by atoms with Crippen LogP contribution in [0, 0.1) is 0 Å². The van der Waals surface area contributed by atoms with Gasteiger partial charge in [0.15, 0.2) is 0 Å². The van der Waals surface area contributed by atoms with E-state index in [9.17, 15) is 0 Å². The monoisotopic (exact) mass is 195 g/mol. The summed E-state index contributed by atoms with van der Waals surface area (Å²) in [6.07, 6.45) is 15.0. The van der Waals surface area contributed by atoms with E-state index in [1.165, 1.54) is 22.4 Å². The number of hydrogen-bond acceptors (Lipinski definition) is 0. The molecule has 1 aromatic heterocycles. The van der Waals surface area contributed by atoms with Crippen molar-refractivity contribution in [3.05, 3.63) is 60.0 Å². The van der Waals surface area contributed by atoms with Gasteiger partial charge in [-0.3, -0.25) is 0 Å². The van der Waals surface area contributed by atoms with Crippen LogP contribution in [-0.4, -0.2) is 4.57 Å².